The van der Waals surface area contributed by atoms with Crippen LogP contribution >= 0.6 is 23.4 Å². The summed E-state index contributed by atoms with van der Waals surface area (Å²) in [5.74, 6) is 0.0615. The smallest absolute Gasteiger partial charge is 0.173 e. The zero-order valence-electron chi connectivity index (χ0n) is 11.1. The van der Waals surface area contributed by atoms with Gasteiger partial charge < -0.3 is 10.9 Å². The molecule has 0 amide bonds. The second-order valence-corrected chi connectivity index (χ2v) is 5.82. The number of benzene rings is 1. The fourth-order valence-electron chi connectivity index (χ4n) is 1.86. The third-order valence-corrected chi connectivity index (χ3v) is 4.00. The molecule has 2 aromatic rings. The summed E-state index contributed by atoms with van der Waals surface area (Å²) in [7, 11) is 0. The van der Waals surface area contributed by atoms with Crippen molar-refractivity contribution in [2.24, 2.45) is 10.9 Å². The molecule has 0 fully saturated rings. The number of pyridine rings is 1. The summed E-state index contributed by atoms with van der Waals surface area (Å²) in [5, 5.41) is 12.7. The first kappa shape index (κ1) is 14.7. The van der Waals surface area contributed by atoms with E-state index in [0.717, 1.165) is 21.2 Å². The molecule has 0 unspecified atom stereocenters. The Morgan fingerprint density at radius 3 is 2.55 bits per heavy atom. The van der Waals surface area contributed by atoms with E-state index in [1.807, 2.05) is 44.2 Å². The Morgan fingerprint density at radius 2 is 1.95 bits per heavy atom. The average molecular weight is 308 g/mol. The summed E-state index contributed by atoms with van der Waals surface area (Å²) in [4.78, 5) is 6.27. The van der Waals surface area contributed by atoms with E-state index in [1.54, 1.807) is 0 Å². The normalized spacial score (nSPS) is 11.7. The van der Waals surface area contributed by atoms with Crippen molar-refractivity contribution in [3.8, 4) is 0 Å². The Balaban J connectivity index is 2.47. The van der Waals surface area contributed by atoms with Crippen LogP contribution in [0.15, 0.2) is 45.3 Å². The monoisotopic (exact) mass is 307 g/mol. The lowest BCUT2D eigenvalue weighted by Crippen LogP contribution is -2.17. The number of halogens is 1. The minimum Gasteiger partial charge on any atom is -0.409 e. The van der Waals surface area contributed by atoms with Gasteiger partial charge in [0.15, 0.2) is 5.84 Å². The fourth-order valence-corrected chi connectivity index (χ4v) is 3.10. The lowest BCUT2D eigenvalue weighted by molar-refractivity contribution is 0.318. The van der Waals surface area contributed by atoms with Crippen LogP contribution in [0.1, 0.15) is 17.0 Å². The van der Waals surface area contributed by atoms with Gasteiger partial charge in [0.1, 0.15) is 0 Å². The molecule has 1 heterocycles. The van der Waals surface area contributed by atoms with Gasteiger partial charge in [0.2, 0.25) is 0 Å². The van der Waals surface area contributed by atoms with Gasteiger partial charge in [-0.15, -0.1) is 0 Å². The molecular weight excluding hydrogens is 294 g/mol. The van der Waals surface area contributed by atoms with E-state index in [2.05, 4.69) is 10.1 Å². The molecular formula is C14H14ClN3OS. The Kier molecular flexibility index (Phi) is 4.52. The Labute approximate surface area is 126 Å². The molecule has 6 heteroatoms. The molecule has 104 valence electrons. The molecule has 0 atom stereocenters. The van der Waals surface area contributed by atoms with Crippen molar-refractivity contribution >= 4 is 29.2 Å². The molecule has 0 aliphatic heterocycles. The number of hydrogen-bond donors (Lipinski definition) is 2. The fraction of sp³-hybridized carbons (Fsp3) is 0.143. The van der Waals surface area contributed by atoms with E-state index in [4.69, 9.17) is 22.5 Å². The molecule has 1 aromatic carbocycles. The largest absolute Gasteiger partial charge is 0.409 e. The topological polar surface area (TPSA) is 71.5 Å². The van der Waals surface area contributed by atoms with Gasteiger partial charge in [-0.3, -0.25) is 4.98 Å². The van der Waals surface area contributed by atoms with E-state index in [-0.39, 0.29) is 5.84 Å². The molecule has 0 spiro atoms. The van der Waals surface area contributed by atoms with Crippen molar-refractivity contribution in [2.75, 3.05) is 0 Å². The molecule has 0 radical (unpaired) electrons. The number of rotatable bonds is 3. The Morgan fingerprint density at radius 1 is 1.30 bits per heavy atom. The average Bonchev–Trinajstić information content (AvgIpc) is 2.40. The minimum absolute atomic E-state index is 0.0615. The molecule has 4 nitrogen and oxygen atoms in total. The van der Waals surface area contributed by atoms with Crippen molar-refractivity contribution in [1.82, 2.24) is 4.98 Å². The summed E-state index contributed by atoms with van der Waals surface area (Å²) in [5.41, 5.74) is 8.02. The molecule has 3 N–H and O–H groups in total. The molecule has 0 saturated carbocycles. The molecule has 0 bridgehead atoms. The van der Waals surface area contributed by atoms with Gasteiger partial charge in [-0.25, -0.2) is 0 Å². The van der Waals surface area contributed by atoms with Crippen LogP contribution in [-0.4, -0.2) is 16.0 Å². The van der Waals surface area contributed by atoms with Crippen molar-refractivity contribution < 1.29 is 5.21 Å². The maximum Gasteiger partial charge on any atom is 0.173 e. The van der Waals surface area contributed by atoms with Crippen LogP contribution in [0.4, 0.5) is 0 Å². The molecule has 0 aliphatic rings. The van der Waals surface area contributed by atoms with E-state index in [1.165, 1.54) is 11.8 Å². The van der Waals surface area contributed by atoms with Gasteiger partial charge in [0, 0.05) is 26.2 Å². The second kappa shape index (κ2) is 6.15. The summed E-state index contributed by atoms with van der Waals surface area (Å²) in [6.45, 7) is 3.75. The number of nitrogens with two attached hydrogens (primary N) is 1. The van der Waals surface area contributed by atoms with E-state index in [0.29, 0.717) is 10.6 Å². The molecule has 20 heavy (non-hydrogen) atoms. The van der Waals surface area contributed by atoms with Crippen LogP contribution in [0.3, 0.4) is 0 Å². The van der Waals surface area contributed by atoms with E-state index >= 15 is 0 Å². The summed E-state index contributed by atoms with van der Waals surface area (Å²) in [6, 6.07) is 9.42. The highest BCUT2D eigenvalue weighted by Gasteiger charge is 2.14. The number of aryl methyl sites for hydroxylation is 2. The molecule has 2 rings (SSSR count). The molecule has 0 saturated heterocycles. The van der Waals surface area contributed by atoms with Crippen molar-refractivity contribution in [2.45, 2.75) is 23.6 Å². The first-order chi connectivity index (χ1) is 9.51. The summed E-state index contributed by atoms with van der Waals surface area (Å²) in [6.07, 6.45) is 0. The van der Waals surface area contributed by atoms with Crippen molar-refractivity contribution in [3.05, 3.63) is 52.3 Å². The van der Waals surface area contributed by atoms with Gasteiger partial charge >= 0.3 is 0 Å². The second-order valence-electron chi connectivity index (χ2n) is 4.26. The Bertz CT molecular complexity index is 656. The van der Waals surface area contributed by atoms with E-state index < -0.39 is 0 Å². The molecule has 0 aliphatic carbocycles. The lowest BCUT2D eigenvalue weighted by atomic mass is 10.1. The minimum atomic E-state index is 0.0615. The predicted octanol–water partition coefficient (Wildman–Crippen LogP) is 3.60. The maximum atomic E-state index is 8.92. The third-order valence-electron chi connectivity index (χ3n) is 2.70. The Hall–Kier alpha value is -1.72. The third kappa shape index (κ3) is 3.23. The van der Waals surface area contributed by atoms with Gasteiger partial charge in [-0.05, 0) is 44.2 Å². The van der Waals surface area contributed by atoms with Gasteiger partial charge in [0.25, 0.3) is 0 Å². The van der Waals surface area contributed by atoms with E-state index in [9.17, 15) is 0 Å². The highest BCUT2D eigenvalue weighted by atomic mass is 35.5. The van der Waals surface area contributed by atoms with Crippen molar-refractivity contribution in [3.63, 3.8) is 0 Å². The van der Waals surface area contributed by atoms with Gasteiger partial charge in [0.05, 0.1) is 5.56 Å². The van der Waals surface area contributed by atoms with Crippen LogP contribution in [-0.2, 0) is 0 Å². The zero-order chi connectivity index (χ0) is 14.7. The van der Waals surface area contributed by atoms with Crippen LogP contribution in [0.5, 0.6) is 0 Å². The standard InChI is InChI=1S/C14H14ClN3OS/c1-8-7-12(13(9(2)17-8)14(16)18-19)20-11-5-3-10(15)4-6-11/h3-7,19H,1-2H3,(H2,16,18). The zero-order valence-corrected chi connectivity index (χ0v) is 12.7. The number of oxime groups is 1. The van der Waals surface area contributed by atoms with Crippen LogP contribution in [0, 0.1) is 13.8 Å². The first-order valence-corrected chi connectivity index (χ1v) is 7.10. The number of amidine groups is 1. The summed E-state index contributed by atoms with van der Waals surface area (Å²) < 4.78 is 0. The quantitative estimate of drug-likeness (QED) is 0.393. The maximum absolute atomic E-state index is 8.92. The number of hydrogen-bond acceptors (Lipinski definition) is 4. The number of nitrogens with zero attached hydrogens (tertiary/aromatic N) is 2. The highest BCUT2D eigenvalue weighted by molar-refractivity contribution is 7.99. The van der Waals surface area contributed by atoms with Crippen LogP contribution in [0.25, 0.3) is 0 Å². The van der Waals surface area contributed by atoms with Crippen LogP contribution in [0.2, 0.25) is 5.02 Å². The van der Waals surface area contributed by atoms with Crippen LogP contribution < -0.4 is 5.73 Å². The van der Waals surface area contributed by atoms with Gasteiger partial charge in [-0.2, -0.15) is 0 Å². The SMILES string of the molecule is Cc1cc(Sc2ccc(Cl)cc2)c(/C(N)=N/O)c(C)n1. The first-order valence-electron chi connectivity index (χ1n) is 5.91. The predicted molar refractivity (Wildman–Crippen MR) is 81.8 cm³/mol. The highest BCUT2D eigenvalue weighted by Crippen LogP contribution is 2.32. The van der Waals surface area contributed by atoms with Crippen molar-refractivity contribution in [1.29, 1.82) is 0 Å². The summed E-state index contributed by atoms with van der Waals surface area (Å²) >= 11 is 7.40. The molecule has 1 aromatic heterocycles. The van der Waals surface area contributed by atoms with Gasteiger partial charge in [-0.1, -0.05) is 28.5 Å². The number of aromatic nitrogens is 1. The lowest BCUT2D eigenvalue weighted by Gasteiger charge is -2.11.